The Bertz CT molecular complexity index is 416. The molecule has 6 nitrogen and oxygen atoms in total. The van der Waals surface area contributed by atoms with Gasteiger partial charge < -0.3 is 10.1 Å². The lowest BCUT2D eigenvalue weighted by molar-refractivity contribution is 0.198. The summed E-state index contributed by atoms with van der Waals surface area (Å²) >= 11 is 0. The molecule has 90 valence electrons. The average molecular weight is 245 g/mol. The summed E-state index contributed by atoms with van der Waals surface area (Å²) in [5, 5.41) is 7.97. The van der Waals surface area contributed by atoms with Crippen LogP contribution in [0.4, 0.5) is 5.82 Å². The minimum absolute atomic E-state index is 0.00921. The van der Waals surface area contributed by atoms with Crippen molar-refractivity contribution in [1.82, 2.24) is 4.98 Å². The van der Waals surface area contributed by atoms with Gasteiger partial charge in [0.2, 0.25) is 10.0 Å². The molecular weight excluding hydrogens is 230 g/mol. The summed E-state index contributed by atoms with van der Waals surface area (Å²) in [4.78, 5) is 3.94. The summed E-state index contributed by atoms with van der Waals surface area (Å²) in [7, 11) is -2.02. The van der Waals surface area contributed by atoms with E-state index in [1.54, 1.807) is 13.2 Å². The first-order valence-corrected chi connectivity index (χ1v) is 6.30. The Balaban J connectivity index is 2.52. The number of nitrogens with two attached hydrogens (primary N) is 1. The molecule has 0 atom stereocenters. The lowest BCUT2D eigenvalue weighted by Gasteiger charge is -2.05. The van der Waals surface area contributed by atoms with E-state index in [9.17, 15) is 8.42 Å². The van der Waals surface area contributed by atoms with E-state index in [-0.39, 0.29) is 4.90 Å². The average Bonchev–Trinajstić information content (AvgIpc) is 2.24. The highest BCUT2D eigenvalue weighted by molar-refractivity contribution is 7.89. The van der Waals surface area contributed by atoms with Crippen LogP contribution < -0.4 is 10.5 Å². The van der Waals surface area contributed by atoms with E-state index in [0.29, 0.717) is 12.4 Å². The monoisotopic (exact) mass is 245 g/mol. The molecule has 0 spiro atoms. The van der Waals surface area contributed by atoms with E-state index in [1.807, 2.05) is 0 Å². The summed E-state index contributed by atoms with van der Waals surface area (Å²) in [5.41, 5.74) is 0. The molecule has 1 rings (SSSR count). The molecule has 0 bridgehead atoms. The third kappa shape index (κ3) is 4.13. The summed E-state index contributed by atoms with van der Waals surface area (Å²) in [6, 6.07) is 2.99. The van der Waals surface area contributed by atoms with Gasteiger partial charge in [-0.15, -0.1) is 0 Å². The zero-order valence-corrected chi connectivity index (χ0v) is 9.83. The zero-order valence-electron chi connectivity index (χ0n) is 9.01. The maximum absolute atomic E-state index is 10.9. The summed E-state index contributed by atoms with van der Waals surface area (Å²) in [5.74, 6) is 0.614. The number of hydrogen-bond acceptors (Lipinski definition) is 5. The second-order valence-electron chi connectivity index (χ2n) is 3.20. The molecule has 1 aromatic heterocycles. The standard InChI is InChI=1S/C9H15N3O3S/c1-15-6-2-5-11-9-4-3-8(7-12-9)16(10,13)14/h3-4,7H,2,5-6H2,1H3,(H,11,12)(H2,10,13,14). The first-order chi connectivity index (χ1) is 7.54. The molecule has 3 N–H and O–H groups in total. The molecule has 16 heavy (non-hydrogen) atoms. The van der Waals surface area contributed by atoms with E-state index in [1.165, 1.54) is 12.3 Å². The number of primary sulfonamides is 1. The third-order valence-corrected chi connectivity index (χ3v) is 2.79. The van der Waals surface area contributed by atoms with Crippen LogP contribution in [0.15, 0.2) is 23.2 Å². The number of rotatable bonds is 6. The van der Waals surface area contributed by atoms with Gasteiger partial charge in [-0.25, -0.2) is 18.5 Å². The SMILES string of the molecule is COCCCNc1ccc(S(N)(=O)=O)cn1. The fourth-order valence-electron chi connectivity index (χ4n) is 1.09. The molecule has 0 radical (unpaired) electrons. The van der Waals surface area contributed by atoms with Gasteiger partial charge >= 0.3 is 0 Å². The van der Waals surface area contributed by atoms with Crippen LogP contribution >= 0.6 is 0 Å². The van der Waals surface area contributed by atoms with Crippen molar-refractivity contribution in [2.75, 3.05) is 25.6 Å². The van der Waals surface area contributed by atoms with Gasteiger partial charge in [-0.1, -0.05) is 0 Å². The molecule has 0 aliphatic heterocycles. The lowest BCUT2D eigenvalue weighted by atomic mass is 10.4. The molecular formula is C9H15N3O3S. The molecule has 0 saturated heterocycles. The van der Waals surface area contributed by atoms with E-state index < -0.39 is 10.0 Å². The molecule has 0 unspecified atom stereocenters. The fourth-order valence-corrected chi connectivity index (χ4v) is 1.54. The Morgan fingerprint density at radius 2 is 2.25 bits per heavy atom. The molecule has 0 amide bonds. The first kappa shape index (κ1) is 12.9. The molecule has 7 heteroatoms. The highest BCUT2D eigenvalue weighted by Crippen LogP contribution is 2.08. The Morgan fingerprint density at radius 1 is 1.50 bits per heavy atom. The molecule has 0 fully saturated rings. The second-order valence-corrected chi connectivity index (χ2v) is 4.76. The van der Waals surface area contributed by atoms with Crippen LogP contribution in [0.5, 0.6) is 0 Å². The summed E-state index contributed by atoms with van der Waals surface area (Å²) in [6.07, 6.45) is 2.09. The molecule has 0 saturated carbocycles. The minimum atomic E-state index is -3.66. The van der Waals surface area contributed by atoms with Crippen LogP contribution in [0, 0.1) is 0 Å². The van der Waals surface area contributed by atoms with E-state index in [4.69, 9.17) is 9.88 Å². The number of methoxy groups -OCH3 is 1. The van der Waals surface area contributed by atoms with Crippen LogP contribution in [0.2, 0.25) is 0 Å². The Hall–Kier alpha value is -1.18. The van der Waals surface area contributed by atoms with Crippen molar-refractivity contribution in [3.8, 4) is 0 Å². The highest BCUT2D eigenvalue weighted by Gasteiger charge is 2.07. The van der Waals surface area contributed by atoms with Crippen molar-refractivity contribution < 1.29 is 13.2 Å². The van der Waals surface area contributed by atoms with Crippen molar-refractivity contribution in [2.45, 2.75) is 11.3 Å². The molecule has 0 aliphatic rings. The van der Waals surface area contributed by atoms with Crippen molar-refractivity contribution in [1.29, 1.82) is 0 Å². The van der Waals surface area contributed by atoms with Gasteiger partial charge in [-0.2, -0.15) is 0 Å². The first-order valence-electron chi connectivity index (χ1n) is 4.75. The van der Waals surface area contributed by atoms with Gasteiger partial charge in [0, 0.05) is 26.5 Å². The quantitative estimate of drug-likeness (QED) is 0.697. The normalized spacial score (nSPS) is 11.4. The predicted molar refractivity (Wildman–Crippen MR) is 60.6 cm³/mol. The van der Waals surface area contributed by atoms with Crippen LogP contribution in [0.25, 0.3) is 0 Å². The lowest BCUT2D eigenvalue weighted by Crippen LogP contribution is -2.13. The van der Waals surface area contributed by atoms with Gasteiger partial charge in [0.25, 0.3) is 0 Å². The Labute approximate surface area is 94.9 Å². The maximum Gasteiger partial charge on any atom is 0.239 e. The minimum Gasteiger partial charge on any atom is -0.385 e. The molecule has 0 aliphatic carbocycles. The Kier molecular flexibility index (Phi) is 4.66. The summed E-state index contributed by atoms with van der Waals surface area (Å²) < 4.78 is 26.8. The zero-order chi connectivity index (χ0) is 12.0. The largest absolute Gasteiger partial charge is 0.385 e. The topological polar surface area (TPSA) is 94.3 Å². The van der Waals surface area contributed by atoms with Crippen LogP contribution in [-0.2, 0) is 14.8 Å². The van der Waals surface area contributed by atoms with Gasteiger partial charge in [0.15, 0.2) is 0 Å². The predicted octanol–water partition coefficient (Wildman–Crippen LogP) is 0.177. The maximum atomic E-state index is 10.9. The fraction of sp³-hybridized carbons (Fsp3) is 0.444. The van der Waals surface area contributed by atoms with Crippen molar-refractivity contribution >= 4 is 15.8 Å². The van der Waals surface area contributed by atoms with Crippen molar-refractivity contribution in [3.63, 3.8) is 0 Å². The van der Waals surface area contributed by atoms with E-state index in [2.05, 4.69) is 10.3 Å². The summed E-state index contributed by atoms with van der Waals surface area (Å²) in [6.45, 7) is 1.39. The number of nitrogens with zero attached hydrogens (tertiary/aromatic N) is 1. The number of nitrogens with one attached hydrogen (secondary N) is 1. The highest BCUT2D eigenvalue weighted by atomic mass is 32.2. The number of anilines is 1. The van der Waals surface area contributed by atoms with E-state index in [0.717, 1.165) is 13.0 Å². The van der Waals surface area contributed by atoms with Gasteiger partial charge in [0.1, 0.15) is 10.7 Å². The molecule has 1 aromatic rings. The van der Waals surface area contributed by atoms with E-state index >= 15 is 0 Å². The van der Waals surface area contributed by atoms with Gasteiger partial charge in [0.05, 0.1) is 0 Å². The third-order valence-electron chi connectivity index (χ3n) is 1.90. The smallest absolute Gasteiger partial charge is 0.239 e. The van der Waals surface area contributed by atoms with Gasteiger partial charge in [-0.05, 0) is 18.6 Å². The molecule has 0 aromatic carbocycles. The van der Waals surface area contributed by atoms with Crippen LogP contribution in [-0.4, -0.2) is 33.7 Å². The van der Waals surface area contributed by atoms with Gasteiger partial charge in [-0.3, -0.25) is 0 Å². The number of sulfonamides is 1. The number of pyridine rings is 1. The molecule has 1 heterocycles. The number of hydrogen-bond donors (Lipinski definition) is 2. The second kappa shape index (κ2) is 5.78. The Morgan fingerprint density at radius 3 is 2.75 bits per heavy atom. The van der Waals surface area contributed by atoms with Crippen LogP contribution in [0.3, 0.4) is 0 Å². The van der Waals surface area contributed by atoms with Crippen molar-refractivity contribution in [2.24, 2.45) is 5.14 Å². The van der Waals surface area contributed by atoms with Crippen molar-refractivity contribution in [3.05, 3.63) is 18.3 Å². The van der Waals surface area contributed by atoms with Crippen LogP contribution in [0.1, 0.15) is 6.42 Å². The number of ether oxygens (including phenoxy) is 1. The number of aromatic nitrogens is 1.